The molecule has 1 heterocycles. The van der Waals surface area contributed by atoms with Crippen molar-refractivity contribution >= 4 is 39.1 Å². The highest BCUT2D eigenvalue weighted by atomic mass is 79.9. The van der Waals surface area contributed by atoms with Gasteiger partial charge in [0.15, 0.2) is 0 Å². The van der Waals surface area contributed by atoms with Crippen LogP contribution >= 0.6 is 39.1 Å². The number of hydrogen-bond acceptors (Lipinski definition) is 1. The van der Waals surface area contributed by atoms with Crippen LogP contribution in [-0.4, -0.2) is 6.54 Å². The number of nitrogens with one attached hydrogen (secondary N) is 1. The Labute approximate surface area is 113 Å². The summed E-state index contributed by atoms with van der Waals surface area (Å²) in [6.45, 7) is 0.855. The van der Waals surface area contributed by atoms with Gasteiger partial charge in [0.25, 0.3) is 0 Å². The maximum Gasteiger partial charge on any atom is 0.0595 e. The summed E-state index contributed by atoms with van der Waals surface area (Å²) < 4.78 is 1.11. The van der Waals surface area contributed by atoms with E-state index in [1.54, 1.807) is 0 Å². The highest BCUT2D eigenvalue weighted by Crippen LogP contribution is 2.24. The maximum absolute atomic E-state index is 5.97. The van der Waals surface area contributed by atoms with Crippen molar-refractivity contribution in [2.45, 2.75) is 6.42 Å². The van der Waals surface area contributed by atoms with E-state index in [0.29, 0.717) is 10.0 Å². The minimum Gasteiger partial charge on any atom is -0.385 e. The Hall–Kier alpha value is -0.440. The molecule has 1 aromatic carbocycles. The molecular formula is C12H10BrCl2N. The van der Waals surface area contributed by atoms with Gasteiger partial charge in [0, 0.05) is 23.1 Å². The molecule has 4 heteroatoms. The third kappa shape index (κ3) is 3.03. The number of allylic oxidation sites excluding steroid dienone is 3. The van der Waals surface area contributed by atoms with E-state index in [0.717, 1.165) is 23.0 Å². The lowest BCUT2D eigenvalue weighted by molar-refractivity contribution is 0.845. The Morgan fingerprint density at radius 1 is 1.25 bits per heavy atom. The molecule has 2 rings (SSSR count). The third-order valence-electron chi connectivity index (χ3n) is 2.32. The second-order valence-electron chi connectivity index (χ2n) is 3.56. The number of dihydropyridines is 1. The average Bonchev–Trinajstić information content (AvgIpc) is 2.24. The van der Waals surface area contributed by atoms with Gasteiger partial charge in [-0.05, 0) is 23.8 Å². The van der Waals surface area contributed by atoms with Gasteiger partial charge in [-0.15, -0.1) is 0 Å². The van der Waals surface area contributed by atoms with Crippen molar-refractivity contribution in [2.24, 2.45) is 0 Å². The molecule has 1 aliphatic rings. The maximum atomic E-state index is 5.97. The molecule has 16 heavy (non-hydrogen) atoms. The van der Waals surface area contributed by atoms with Crippen molar-refractivity contribution in [3.05, 3.63) is 56.1 Å². The van der Waals surface area contributed by atoms with E-state index in [1.165, 1.54) is 5.70 Å². The number of hydrogen-bond donors (Lipinski definition) is 1. The van der Waals surface area contributed by atoms with Gasteiger partial charge in [0.05, 0.1) is 10.0 Å². The van der Waals surface area contributed by atoms with E-state index >= 15 is 0 Å². The second kappa shape index (κ2) is 5.26. The van der Waals surface area contributed by atoms with Gasteiger partial charge in [-0.25, -0.2) is 0 Å². The molecular weight excluding hydrogens is 309 g/mol. The fourth-order valence-electron chi connectivity index (χ4n) is 1.54. The van der Waals surface area contributed by atoms with Crippen LogP contribution in [0.5, 0.6) is 0 Å². The van der Waals surface area contributed by atoms with Crippen LogP contribution in [0.1, 0.15) is 5.56 Å². The van der Waals surface area contributed by atoms with E-state index in [9.17, 15) is 0 Å². The predicted molar refractivity (Wildman–Crippen MR) is 73.3 cm³/mol. The van der Waals surface area contributed by atoms with Crippen molar-refractivity contribution in [2.75, 3.05) is 6.54 Å². The van der Waals surface area contributed by atoms with Gasteiger partial charge in [0.1, 0.15) is 0 Å². The Morgan fingerprint density at radius 2 is 2.06 bits per heavy atom. The highest BCUT2D eigenvalue weighted by molar-refractivity contribution is 9.11. The van der Waals surface area contributed by atoms with Crippen molar-refractivity contribution in [3.8, 4) is 0 Å². The van der Waals surface area contributed by atoms with E-state index in [-0.39, 0.29) is 0 Å². The Bertz CT molecular complexity index is 466. The van der Waals surface area contributed by atoms with Crippen LogP contribution in [0.2, 0.25) is 10.0 Å². The molecule has 0 fully saturated rings. The molecule has 0 spiro atoms. The first kappa shape index (κ1) is 12.0. The first-order chi connectivity index (χ1) is 7.65. The normalized spacial score (nSPS) is 15.2. The molecule has 1 N–H and O–H groups in total. The second-order valence-corrected chi connectivity index (χ2v) is 5.29. The van der Waals surface area contributed by atoms with E-state index in [2.05, 4.69) is 33.4 Å². The van der Waals surface area contributed by atoms with Crippen molar-refractivity contribution < 1.29 is 0 Å². The summed E-state index contributed by atoms with van der Waals surface area (Å²) in [5.74, 6) is 0. The van der Waals surface area contributed by atoms with Crippen LogP contribution in [-0.2, 0) is 6.42 Å². The number of benzene rings is 1. The molecule has 84 valence electrons. The summed E-state index contributed by atoms with van der Waals surface area (Å²) in [7, 11) is 0. The fourth-order valence-corrected chi connectivity index (χ4v) is 2.30. The highest BCUT2D eigenvalue weighted by Gasteiger charge is 2.05. The van der Waals surface area contributed by atoms with Crippen LogP contribution in [0.4, 0.5) is 0 Å². The fraction of sp³-hybridized carbons (Fsp3) is 0.167. The van der Waals surface area contributed by atoms with Crippen molar-refractivity contribution in [1.82, 2.24) is 5.32 Å². The number of halogens is 3. The lowest BCUT2D eigenvalue weighted by Gasteiger charge is -2.14. The van der Waals surface area contributed by atoms with Crippen LogP contribution < -0.4 is 5.32 Å². The predicted octanol–water partition coefficient (Wildman–Crippen LogP) is 4.30. The smallest absolute Gasteiger partial charge is 0.0595 e. The first-order valence-corrected chi connectivity index (χ1v) is 6.44. The van der Waals surface area contributed by atoms with Gasteiger partial charge in [-0.3, -0.25) is 0 Å². The quantitative estimate of drug-likeness (QED) is 0.857. The zero-order chi connectivity index (χ0) is 11.5. The largest absolute Gasteiger partial charge is 0.385 e. The van der Waals surface area contributed by atoms with Gasteiger partial charge < -0.3 is 5.32 Å². The Balaban J connectivity index is 2.15. The topological polar surface area (TPSA) is 12.0 Å². The molecule has 1 aromatic rings. The summed E-state index contributed by atoms with van der Waals surface area (Å²) in [5, 5.41) is 4.51. The van der Waals surface area contributed by atoms with E-state index < -0.39 is 0 Å². The van der Waals surface area contributed by atoms with Crippen LogP contribution in [0.25, 0.3) is 0 Å². The molecule has 0 atom stereocenters. The molecule has 0 aromatic heterocycles. The Morgan fingerprint density at radius 3 is 2.75 bits per heavy atom. The number of rotatable bonds is 2. The third-order valence-corrected chi connectivity index (χ3v) is 3.61. The van der Waals surface area contributed by atoms with Crippen LogP contribution in [0.3, 0.4) is 0 Å². The summed E-state index contributed by atoms with van der Waals surface area (Å²) in [5.41, 5.74) is 2.32. The van der Waals surface area contributed by atoms with E-state index in [4.69, 9.17) is 23.2 Å². The monoisotopic (exact) mass is 317 g/mol. The van der Waals surface area contributed by atoms with Crippen LogP contribution in [0.15, 0.2) is 40.5 Å². The molecule has 0 aliphatic carbocycles. The molecule has 0 saturated carbocycles. The molecule has 0 amide bonds. The summed E-state index contributed by atoms with van der Waals surface area (Å²) >= 11 is 15.3. The molecule has 1 nitrogen and oxygen atoms in total. The summed E-state index contributed by atoms with van der Waals surface area (Å²) in [6, 6.07) is 5.72. The Kier molecular flexibility index (Phi) is 3.95. The van der Waals surface area contributed by atoms with Crippen molar-refractivity contribution in [3.63, 3.8) is 0 Å². The van der Waals surface area contributed by atoms with Gasteiger partial charge in [-0.1, -0.05) is 51.3 Å². The molecule has 0 bridgehead atoms. The molecule has 0 radical (unpaired) electrons. The van der Waals surface area contributed by atoms with Gasteiger partial charge in [-0.2, -0.15) is 0 Å². The minimum absolute atomic E-state index is 0.595. The first-order valence-electron chi connectivity index (χ1n) is 4.89. The minimum atomic E-state index is 0.595. The summed E-state index contributed by atoms with van der Waals surface area (Å²) in [6.07, 6.45) is 4.99. The lowest BCUT2D eigenvalue weighted by Crippen LogP contribution is -2.18. The zero-order valence-electron chi connectivity index (χ0n) is 8.43. The standard InChI is InChI=1S/C12H10BrCl2N/c13-9-3-4-16-10(7-9)5-8-1-2-11(14)12(15)6-8/h1-3,6-7,16H,4-5H2. The van der Waals surface area contributed by atoms with Crippen molar-refractivity contribution in [1.29, 1.82) is 0 Å². The average molecular weight is 319 g/mol. The van der Waals surface area contributed by atoms with Gasteiger partial charge in [0.2, 0.25) is 0 Å². The molecule has 0 unspecified atom stereocenters. The summed E-state index contributed by atoms with van der Waals surface area (Å²) in [4.78, 5) is 0. The van der Waals surface area contributed by atoms with E-state index in [1.807, 2.05) is 18.2 Å². The molecule has 0 saturated heterocycles. The SMILES string of the molecule is Clc1ccc(CC2=CC(Br)=CCN2)cc1Cl. The zero-order valence-corrected chi connectivity index (χ0v) is 11.5. The lowest BCUT2D eigenvalue weighted by atomic mass is 10.1. The molecule has 1 aliphatic heterocycles. The van der Waals surface area contributed by atoms with Gasteiger partial charge >= 0.3 is 0 Å². The van der Waals surface area contributed by atoms with Crippen LogP contribution in [0, 0.1) is 0 Å².